The Hall–Kier alpha value is 0.531. The SMILES string of the molecule is CN([Si](C)=O)C(C)(C)C.[Ti+3]. The van der Waals surface area contributed by atoms with Crippen LogP contribution in [0.25, 0.3) is 0 Å². The summed E-state index contributed by atoms with van der Waals surface area (Å²) in [4.78, 5) is 0. The smallest absolute Gasteiger partial charge is 0.376 e. The Morgan fingerprint density at radius 3 is 1.60 bits per heavy atom. The molecule has 0 rings (SSSR count). The van der Waals surface area contributed by atoms with Gasteiger partial charge in [0.15, 0.2) is 0 Å². The van der Waals surface area contributed by atoms with Crippen LogP contribution in [-0.2, 0) is 26.2 Å². The summed E-state index contributed by atoms with van der Waals surface area (Å²) in [5.41, 5.74) is 0.0464. The second kappa shape index (κ2) is 4.42. The maximum absolute atomic E-state index is 10.9. The summed E-state index contributed by atoms with van der Waals surface area (Å²) in [5, 5.41) is 0. The Bertz CT molecular complexity index is 121. The van der Waals surface area contributed by atoms with Gasteiger partial charge in [0, 0.05) is 12.6 Å². The van der Waals surface area contributed by atoms with Gasteiger partial charge in [0.05, 0.1) is 0 Å². The van der Waals surface area contributed by atoms with Gasteiger partial charge in [0.25, 0.3) is 0 Å². The summed E-state index contributed by atoms with van der Waals surface area (Å²) in [7, 11) is 0.404. The molecular formula is C6H15NOSiTi+3. The summed E-state index contributed by atoms with van der Waals surface area (Å²) in [5.74, 6) is 0. The molecule has 0 aromatic carbocycles. The molecular weight excluding hydrogens is 178 g/mol. The average molecular weight is 193 g/mol. The average Bonchev–Trinajstić information content (AvgIpc) is 1.62. The monoisotopic (exact) mass is 193 g/mol. The number of hydrogen-bond donors (Lipinski definition) is 0. The zero-order valence-corrected chi connectivity index (χ0v) is 9.92. The molecule has 0 aliphatic carbocycles. The molecule has 0 bridgehead atoms. The second-order valence-electron chi connectivity index (χ2n) is 3.25. The molecule has 0 N–H and O–H groups in total. The molecule has 4 heteroatoms. The van der Waals surface area contributed by atoms with E-state index in [1.54, 1.807) is 6.55 Å². The Morgan fingerprint density at radius 1 is 1.30 bits per heavy atom. The van der Waals surface area contributed by atoms with Crippen LogP contribution in [0.3, 0.4) is 0 Å². The van der Waals surface area contributed by atoms with E-state index in [0.29, 0.717) is 0 Å². The fourth-order valence-corrected chi connectivity index (χ4v) is 1.42. The van der Waals surface area contributed by atoms with Gasteiger partial charge in [-0.1, -0.05) is 0 Å². The summed E-state index contributed by atoms with van der Waals surface area (Å²) < 4.78 is 12.8. The molecule has 0 fully saturated rings. The van der Waals surface area contributed by atoms with Crippen LogP contribution in [0.15, 0.2) is 0 Å². The van der Waals surface area contributed by atoms with Crippen molar-refractivity contribution in [2.75, 3.05) is 7.05 Å². The zero-order chi connectivity index (χ0) is 7.65. The van der Waals surface area contributed by atoms with Gasteiger partial charge < -0.3 is 9.03 Å². The van der Waals surface area contributed by atoms with E-state index in [4.69, 9.17) is 0 Å². The molecule has 0 unspecified atom stereocenters. The molecule has 1 radical (unpaired) electrons. The summed E-state index contributed by atoms with van der Waals surface area (Å²) >= 11 is 0. The maximum Gasteiger partial charge on any atom is 3.00 e. The Balaban J connectivity index is 0. The predicted molar refractivity (Wildman–Crippen MR) is 39.8 cm³/mol. The van der Waals surface area contributed by atoms with Crippen molar-refractivity contribution in [3.05, 3.63) is 0 Å². The summed E-state index contributed by atoms with van der Waals surface area (Å²) in [6.07, 6.45) is 0. The minimum absolute atomic E-state index is 0. The van der Waals surface area contributed by atoms with E-state index in [1.807, 2.05) is 11.6 Å². The largest absolute Gasteiger partial charge is 3.00 e. The van der Waals surface area contributed by atoms with Gasteiger partial charge >= 0.3 is 30.6 Å². The van der Waals surface area contributed by atoms with Crippen molar-refractivity contribution >= 4 is 8.84 Å². The summed E-state index contributed by atoms with van der Waals surface area (Å²) in [6.45, 7) is 7.92. The first kappa shape index (κ1) is 13.1. The van der Waals surface area contributed by atoms with Crippen LogP contribution in [0.5, 0.6) is 0 Å². The van der Waals surface area contributed by atoms with Crippen molar-refractivity contribution in [3.63, 3.8) is 0 Å². The van der Waals surface area contributed by atoms with Crippen LogP contribution >= 0.6 is 0 Å². The van der Waals surface area contributed by atoms with Gasteiger partial charge in [-0.05, 0) is 27.3 Å². The third-order valence-corrected chi connectivity index (χ3v) is 3.09. The Kier molecular flexibility index (Phi) is 5.81. The van der Waals surface area contributed by atoms with Crippen LogP contribution in [0.2, 0.25) is 6.55 Å². The third kappa shape index (κ3) is 4.36. The van der Waals surface area contributed by atoms with E-state index < -0.39 is 8.84 Å². The van der Waals surface area contributed by atoms with Crippen molar-refractivity contribution in [1.82, 2.24) is 4.57 Å². The first-order valence-electron chi connectivity index (χ1n) is 3.10. The van der Waals surface area contributed by atoms with E-state index in [-0.39, 0.29) is 27.3 Å². The Labute approximate surface area is 79.6 Å². The predicted octanol–water partition coefficient (Wildman–Crippen LogP) is 1.26. The van der Waals surface area contributed by atoms with E-state index in [2.05, 4.69) is 20.8 Å². The van der Waals surface area contributed by atoms with Gasteiger partial charge in [-0.3, -0.25) is 0 Å². The standard InChI is InChI=1S/C6H15NOSi.Ti/c1-6(2,3)7(4)9(5)8;/h1-5H3;/q;+3. The maximum atomic E-state index is 10.9. The second-order valence-corrected chi connectivity index (χ2v) is 4.96. The van der Waals surface area contributed by atoms with E-state index >= 15 is 0 Å². The van der Waals surface area contributed by atoms with E-state index in [9.17, 15) is 4.46 Å². The molecule has 2 nitrogen and oxygen atoms in total. The van der Waals surface area contributed by atoms with E-state index in [1.165, 1.54) is 0 Å². The molecule has 0 spiro atoms. The first-order chi connectivity index (χ1) is 3.85. The van der Waals surface area contributed by atoms with Crippen molar-refractivity contribution < 1.29 is 26.2 Å². The summed E-state index contributed by atoms with van der Waals surface area (Å²) in [6, 6.07) is 0. The van der Waals surface area contributed by atoms with Gasteiger partial charge in [0.1, 0.15) is 0 Å². The molecule has 0 aromatic heterocycles. The van der Waals surface area contributed by atoms with Crippen LogP contribution < -0.4 is 0 Å². The minimum atomic E-state index is -1.49. The normalized spacial score (nSPS) is 10.1. The number of nitrogens with zero attached hydrogens (tertiary/aromatic N) is 1. The van der Waals surface area contributed by atoms with Crippen molar-refractivity contribution in [1.29, 1.82) is 0 Å². The quantitative estimate of drug-likeness (QED) is 0.584. The topological polar surface area (TPSA) is 20.3 Å². The first-order valence-corrected chi connectivity index (χ1v) is 4.95. The van der Waals surface area contributed by atoms with Crippen LogP contribution in [0.4, 0.5) is 0 Å². The van der Waals surface area contributed by atoms with Crippen LogP contribution in [0, 0.1) is 0 Å². The molecule has 0 aliphatic heterocycles. The molecule has 10 heavy (non-hydrogen) atoms. The minimum Gasteiger partial charge on any atom is -0.376 e. The van der Waals surface area contributed by atoms with Crippen molar-refractivity contribution in [3.8, 4) is 0 Å². The van der Waals surface area contributed by atoms with Crippen molar-refractivity contribution in [2.45, 2.75) is 32.9 Å². The molecule has 0 heterocycles. The van der Waals surface area contributed by atoms with Crippen LogP contribution in [0.1, 0.15) is 20.8 Å². The molecule has 55 valence electrons. The van der Waals surface area contributed by atoms with Gasteiger partial charge in [-0.25, -0.2) is 0 Å². The van der Waals surface area contributed by atoms with Gasteiger partial charge in [0.2, 0.25) is 0 Å². The molecule has 0 atom stereocenters. The number of hydrogen-bond acceptors (Lipinski definition) is 1. The number of rotatable bonds is 1. The van der Waals surface area contributed by atoms with E-state index in [0.717, 1.165) is 0 Å². The fourth-order valence-electron chi connectivity index (χ4n) is 0.472. The molecule has 0 saturated heterocycles. The molecule has 0 amide bonds. The molecule has 0 saturated carbocycles. The van der Waals surface area contributed by atoms with Gasteiger partial charge in [-0.15, -0.1) is 0 Å². The fraction of sp³-hybridized carbons (Fsp3) is 1.00. The third-order valence-electron chi connectivity index (χ3n) is 1.48. The Morgan fingerprint density at radius 2 is 1.60 bits per heavy atom. The van der Waals surface area contributed by atoms with Crippen LogP contribution in [-0.4, -0.2) is 26.0 Å². The zero-order valence-electron chi connectivity index (χ0n) is 7.36. The molecule has 0 aromatic rings. The van der Waals surface area contributed by atoms with Crippen molar-refractivity contribution in [2.24, 2.45) is 0 Å². The van der Waals surface area contributed by atoms with Gasteiger partial charge in [-0.2, -0.15) is 0 Å². The molecule has 0 aliphatic rings.